The Morgan fingerprint density at radius 3 is 2.41 bits per heavy atom. The van der Waals surface area contributed by atoms with Crippen molar-refractivity contribution >= 4 is 11.8 Å². The van der Waals surface area contributed by atoms with Gasteiger partial charge in [-0.3, -0.25) is 9.59 Å². The number of nitrogens with two attached hydrogens (primary N) is 1. The molecule has 0 saturated carbocycles. The lowest BCUT2D eigenvalue weighted by molar-refractivity contribution is -0.146. The van der Waals surface area contributed by atoms with Crippen molar-refractivity contribution in [1.82, 2.24) is 5.32 Å². The Balaban J connectivity index is 3.29. The first-order valence-electron chi connectivity index (χ1n) is 4.50. The van der Waals surface area contributed by atoms with Gasteiger partial charge in [0, 0.05) is 12.6 Å². The Labute approximate surface area is 94.6 Å². The van der Waals surface area contributed by atoms with Crippen LogP contribution in [-0.4, -0.2) is 18.9 Å². The molecule has 7 heteroatoms. The average molecular weight is 246 g/mol. The predicted molar refractivity (Wildman–Crippen MR) is 52.9 cm³/mol. The molecule has 0 radical (unpaired) electrons. The third-order valence-electron chi connectivity index (χ3n) is 2.11. The SMILES string of the molecule is CNC(=O)C(F)(F)c1ccc(F)c(C(N)=O)c1. The van der Waals surface area contributed by atoms with E-state index in [2.05, 4.69) is 0 Å². The molecule has 17 heavy (non-hydrogen) atoms. The topological polar surface area (TPSA) is 72.2 Å². The van der Waals surface area contributed by atoms with Gasteiger partial charge in [-0.15, -0.1) is 0 Å². The summed E-state index contributed by atoms with van der Waals surface area (Å²) in [5, 5.41) is 1.77. The molecule has 0 aliphatic rings. The fourth-order valence-electron chi connectivity index (χ4n) is 1.20. The van der Waals surface area contributed by atoms with Crippen LogP contribution >= 0.6 is 0 Å². The molecule has 2 amide bonds. The third kappa shape index (κ3) is 2.38. The van der Waals surface area contributed by atoms with Crippen molar-refractivity contribution in [2.24, 2.45) is 5.73 Å². The summed E-state index contributed by atoms with van der Waals surface area (Å²) in [4.78, 5) is 21.7. The number of carbonyl (C=O) groups excluding carboxylic acids is 2. The molecule has 0 fully saturated rings. The number of primary amides is 1. The number of alkyl halides is 2. The van der Waals surface area contributed by atoms with E-state index in [0.717, 1.165) is 13.1 Å². The molecule has 3 N–H and O–H groups in total. The van der Waals surface area contributed by atoms with Gasteiger partial charge >= 0.3 is 5.92 Å². The molecule has 0 unspecified atom stereocenters. The summed E-state index contributed by atoms with van der Waals surface area (Å²) in [5.41, 5.74) is 3.32. The minimum atomic E-state index is -3.85. The summed E-state index contributed by atoms with van der Waals surface area (Å²) in [6, 6.07) is 1.94. The van der Waals surface area contributed by atoms with Crippen molar-refractivity contribution in [3.8, 4) is 0 Å². The first-order chi connectivity index (χ1) is 7.80. The lowest BCUT2D eigenvalue weighted by atomic mass is 10.0. The quantitative estimate of drug-likeness (QED) is 0.826. The van der Waals surface area contributed by atoms with Gasteiger partial charge in [0.25, 0.3) is 11.8 Å². The number of amides is 2. The largest absolute Gasteiger partial charge is 0.366 e. The highest BCUT2D eigenvalue weighted by Gasteiger charge is 2.40. The first-order valence-corrected chi connectivity index (χ1v) is 4.50. The summed E-state index contributed by atoms with van der Waals surface area (Å²) in [6.07, 6.45) is 0. The van der Waals surface area contributed by atoms with Crippen LogP contribution in [0.2, 0.25) is 0 Å². The minimum Gasteiger partial charge on any atom is -0.366 e. The van der Waals surface area contributed by atoms with Gasteiger partial charge < -0.3 is 11.1 Å². The molecule has 92 valence electrons. The molecular weight excluding hydrogens is 237 g/mol. The maximum Gasteiger partial charge on any atom is 0.349 e. The third-order valence-corrected chi connectivity index (χ3v) is 2.11. The van der Waals surface area contributed by atoms with Crippen LogP contribution in [0.4, 0.5) is 13.2 Å². The Morgan fingerprint density at radius 2 is 1.94 bits per heavy atom. The second kappa shape index (κ2) is 4.44. The molecule has 1 rings (SSSR count). The molecule has 0 saturated heterocycles. The van der Waals surface area contributed by atoms with Gasteiger partial charge in [-0.05, 0) is 18.2 Å². The molecule has 0 aromatic heterocycles. The number of nitrogens with one attached hydrogen (secondary N) is 1. The summed E-state index contributed by atoms with van der Waals surface area (Å²) in [5.74, 6) is -7.61. The molecule has 0 atom stereocenters. The Morgan fingerprint density at radius 1 is 1.35 bits per heavy atom. The van der Waals surface area contributed by atoms with E-state index in [1.54, 1.807) is 5.32 Å². The van der Waals surface area contributed by atoms with Gasteiger partial charge in [-0.1, -0.05) is 0 Å². The fraction of sp³-hybridized carbons (Fsp3) is 0.200. The average Bonchev–Trinajstić information content (AvgIpc) is 2.27. The second-order valence-corrected chi connectivity index (χ2v) is 3.21. The number of benzene rings is 1. The van der Waals surface area contributed by atoms with E-state index in [1.807, 2.05) is 0 Å². The van der Waals surface area contributed by atoms with E-state index in [-0.39, 0.29) is 0 Å². The van der Waals surface area contributed by atoms with Gasteiger partial charge in [0.1, 0.15) is 5.82 Å². The monoisotopic (exact) mass is 246 g/mol. The predicted octanol–water partition coefficient (Wildman–Crippen LogP) is 0.762. The van der Waals surface area contributed by atoms with Crippen LogP contribution in [0, 0.1) is 5.82 Å². The van der Waals surface area contributed by atoms with Gasteiger partial charge in [0.05, 0.1) is 5.56 Å². The summed E-state index contributed by atoms with van der Waals surface area (Å²) in [7, 11) is 1.04. The van der Waals surface area contributed by atoms with E-state index < -0.39 is 34.7 Å². The van der Waals surface area contributed by atoms with Crippen LogP contribution in [0.5, 0.6) is 0 Å². The standard InChI is InChI=1S/C10H9F3N2O2/c1-15-9(17)10(12,13)5-2-3-7(11)6(4-5)8(14)16/h2-4H,1H3,(H2,14,16)(H,15,17). The number of rotatable bonds is 3. The smallest absolute Gasteiger partial charge is 0.349 e. The lowest BCUT2D eigenvalue weighted by Crippen LogP contribution is -2.36. The number of hydrogen-bond acceptors (Lipinski definition) is 2. The number of carbonyl (C=O) groups is 2. The van der Waals surface area contributed by atoms with Crippen molar-refractivity contribution in [2.75, 3.05) is 7.05 Å². The molecule has 0 bridgehead atoms. The summed E-state index contributed by atoms with van der Waals surface area (Å²) >= 11 is 0. The van der Waals surface area contributed by atoms with Crippen molar-refractivity contribution < 1.29 is 22.8 Å². The number of halogens is 3. The van der Waals surface area contributed by atoms with Crippen LogP contribution in [-0.2, 0) is 10.7 Å². The van der Waals surface area contributed by atoms with Crippen LogP contribution in [0.15, 0.2) is 18.2 Å². The van der Waals surface area contributed by atoms with Crippen LogP contribution in [0.1, 0.15) is 15.9 Å². The van der Waals surface area contributed by atoms with Gasteiger partial charge in [-0.2, -0.15) is 8.78 Å². The maximum absolute atomic E-state index is 13.4. The molecule has 0 aliphatic heterocycles. The van der Waals surface area contributed by atoms with Crippen molar-refractivity contribution in [3.63, 3.8) is 0 Å². The van der Waals surface area contributed by atoms with Gasteiger partial charge in [-0.25, -0.2) is 4.39 Å². The Bertz CT molecular complexity index is 475. The van der Waals surface area contributed by atoms with E-state index in [0.29, 0.717) is 12.1 Å². The number of likely N-dealkylation sites (N-methyl/N-ethyl adjacent to an activating group) is 1. The number of hydrogen-bond donors (Lipinski definition) is 2. The zero-order valence-corrected chi connectivity index (χ0v) is 8.76. The molecule has 0 aliphatic carbocycles. The molecule has 0 heterocycles. The van der Waals surface area contributed by atoms with Gasteiger partial charge in [0.15, 0.2) is 0 Å². The zero-order valence-electron chi connectivity index (χ0n) is 8.76. The highest BCUT2D eigenvalue weighted by Crippen LogP contribution is 2.29. The summed E-state index contributed by atoms with van der Waals surface area (Å²) < 4.78 is 39.9. The molecule has 0 spiro atoms. The van der Waals surface area contributed by atoms with Gasteiger partial charge in [0.2, 0.25) is 0 Å². The van der Waals surface area contributed by atoms with Crippen molar-refractivity contribution in [2.45, 2.75) is 5.92 Å². The zero-order chi connectivity index (χ0) is 13.2. The Kier molecular flexibility index (Phi) is 3.40. The lowest BCUT2D eigenvalue weighted by Gasteiger charge is -2.15. The maximum atomic E-state index is 13.4. The highest BCUT2D eigenvalue weighted by molar-refractivity contribution is 5.94. The minimum absolute atomic E-state index is 0.562. The molecular formula is C10H9F3N2O2. The fourth-order valence-corrected chi connectivity index (χ4v) is 1.20. The van der Waals surface area contributed by atoms with E-state index in [9.17, 15) is 22.8 Å². The first kappa shape index (κ1) is 13.0. The normalized spacial score (nSPS) is 11.1. The van der Waals surface area contributed by atoms with Crippen molar-refractivity contribution in [3.05, 3.63) is 35.1 Å². The second-order valence-electron chi connectivity index (χ2n) is 3.21. The van der Waals surface area contributed by atoms with Crippen LogP contribution in [0.25, 0.3) is 0 Å². The molecule has 1 aromatic rings. The van der Waals surface area contributed by atoms with Crippen LogP contribution < -0.4 is 11.1 Å². The highest BCUT2D eigenvalue weighted by atomic mass is 19.3. The molecule has 1 aromatic carbocycles. The van der Waals surface area contributed by atoms with E-state index in [4.69, 9.17) is 5.73 Å². The Hall–Kier alpha value is -2.05. The van der Waals surface area contributed by atoms with E-state index >= 15 is 0 Å². The van der Waals surface area contributed by atoms with E-state index in [1.165, 1.54) is 0 Å². The van der Waals surface area contributed by atoms with Crippen LogP contribution in [0.3, 0.4) is 0 Å². The summed E-state index contributed by atoms with van der Waals surface area (Å²) in [6.45, 7) is 0. The molecule has 4 nitrogen and oxygen atoms in total. The van der Waals surface area contributed by atoms with Crippen molar-refractivity contribution in [1.29, 1.82) is 0 Å².